The van der Waals surface area contributed by atoms with Crippen molar-refractivity contribution in [2.45, 2.75) is 12.5 Å². The average molecular weight is 215 g/mol. The van der Waals surface area contributed by atoms with Crippen LogP contribution in [0.15, 0.2) is 0 Å². The van der Waals surface area contributed by atoms with Crippen LogP contribution in [0.5, 0.6) is 0 Å². The molecule has 0 aliphatic heterocycles. The quantitative estimate of drug-likeness (QED) is 0.288. The van der Waals surface area contributed by atoms with Crippen LogP contribution in [0, 0.1) is 0 Å². The second-order valence-electron chi connectivity index (χ2n) is 2.18. The first-order valence-corrected chi connectivity index (χ1v) is 5.15. The van der Waals surface area contributed by atoms with E-state index in [2.05, 4.69) is 16.9 Å². The van der Waals surface area contributed by atoms with E-state index in [0.717, 1.165) is 0 Å². The summed E-state index contributed by atoms with van der Waals surface area (Å²) in [6.07, 6.45) is -0.437. The Kier molecular flexibility index (Phi) is 4.81. The molecule has 0 amide bonds. The Morgan fingerprint density at radius 1 is 1.75 bits per heavy atom. The molecule has 0 aromatic carbocycles. The van der Waals surface area contributed by atoms with Gasteiger partial charge in [0, 0.05) is 0 Å². The number of rotatable bonds is 5. The molecule has 0 heterocycles. The molecule has 8 heteroatoms. The standard InChI is InChI=1S/C4H10NO5PS/c5-3(4(6)7)1-2-11(8,9)10-12/h3,12H,1-2,5H2,(H,6,7)(H,8,9). The minimum atomic E-state index is -3.75. The monoisotopic (exact) mass is 215 g/mol. The number of carboxylic acid groups (broad SMARTS) is 1. The second kappa shape index (κ2) is 4.84. The predicted molar refractivity (Wildman–Crippen MR) is 45.0 cm³/mol. The number of carbonyl (C=O) groups is 1. The van der Waals surface area contributed by atoms with Crippen molar-refractivity contribution in [3.05, 3.63) is 0 Å². The van der Waals surface area contributed by atoms with Crippen LogP contribution in [0.4, 0.5) is 0 Å². The Morgan fingerprint density at radius 2 is 2.25 bits per heavy atom. The Balaban J connectivity index is 3.83. The van der Waals surface area contributed by atoms with Crippen molar-refractivity contribution >= 4 is 26.5 Å². The molecule has 0 rings (SSSR count). The highest BCUT2D eigenvalue weighted by Crippen LogP contribution is 2.43. The van der Waals surface area contributed by atoms with E-state index < -0.39 is 19.6 Å². The normalized spacial score (nSPS) is 18.2. The molecule has 0 fully saturated rings. The lowest BCUT2D eigenvalue weighted by Gasteiger charge is -2.09. The van der Waals surface area contributed by atoms with Gasteiger partial charge in [0.1, 0.15) is 6.04 Å². The first-order chi connectivity index (χ1) is 5.39. The van der Waals surface area contributed by atoms with E-state index in [-0.39, 0.29) is 12.6 Å². The molecule has 0 spiro atoms. The third kappa shape index (κ3) is 4.74. The van der Waals surface area contributed by atoms with Gasteiger partial charge in [-0.1, -0.05) is 0 Å². The lowest BCUT2D eigenvalue weighted by atomic mass is 10.2. The van der Waals surface area contributed by atoms with Crippen molar-refractivity contribution in [3.8, 4) is 0 Å². The van der Waals surface area contributed by atoms with Crippen molar-refractivity contribution in [1.29, 1.82) is 0 Å². The molecule has 0 saturated carbocycles. The van der Waals surface area contributed by atoms with Gasteiger partial charge in [-0.05, 0) is 19.3 Å². The Hall–Kier alpha value is -0.0700. The Labute approximate surface area is 74.9 Å². The number of carboxylic acids is 1. The van der Waals surface area contributed by atoms with E-state index >= 15 is 0 Å². The van der Waals surface area contributed by atoms with Gasteiger partial charge in [0.25, 0.3) is 0 Å². The molecule has 0 saturated heterocycles. The van der Waals surface area contributed by atoms with Crippen LogP contribution in [-0.4, -0.2) is 28.2 Å². The lowest BCUT2D eigenvalue weighted by Crippen LogP contribution is -2.30. The maximum absolute atomic E-state index is 10.7. The minimum Gasteiger partial charge on any atom is -0.480 e. The smallest absolute Gasteiger partial charge is 0.338 e. The molecule has 72 valence electrons. The lowest BCUT2D eigenvalue weighted by molar-refractivity contribution is -0.138. The van der Waals surface area contributed by atoms with Crippen molar-refractivity contribution in [1.82, 2.24) is 0 Å². The van der Waals surface area contributed by atoms with Crippen molar-refractivity contribution in [2.75, 3.05) is 6.16 Å². The summed E-state index contributed by atoms with van der Waals surface area (Å²) in [4.78, 5) is 18.9. The van der Waals surface area contributed by atoms with E-state index in [9.17, 15) is 9.36 Å². The van der Waals surface area contributed by atoms with Crippen LogP contribution < -0.4 is 5.73 Å². The molecule has 4 N–H and O–H groups in total. The van der Waals surface area contributed by atoms with E-state index in [0.29, 0.717) is 0 Å². The average Bonchev–Trinajstić information content (AvgIpc) is 2.00. The van der Waals surface area contributed by atoms with Crippen LogP contribution in [-0.2, 0) is 13.3 Å². The third-order valence-corrected chi connectivity index (χ3v) is 3.01. The van der Waals surface area contributed by atoms with Gasteiger partial charge >= 0.3 is 13.6 Å². The van der Waals surface area contributed by atoms with Crippen molar-refractivity contribution in [3.63, 3.8) is 0 Å². The van der Waals surface area contributed by atoms with Gasteiger partial charge in [0.15, 0.2) is 0 Å². The van der Waals surface area contributed by atoms with Gasteiger partial charge in [-0.15, -0.1) is 0 Å². The highest BCUT2D eigenvalue weighted by Gasteiger charge is 2.21. The molecule has 2 atom stereocenters. The molecule has 0 aromatic rings. The number of hydrogen-bond donors (Lipinski definition) is 4. The summed E-state index contributed by atoms with van der Waals surface area (Å²) in [5, 5.41) is 8.30. The van der Waals surface area contributed by atoms with Gasteiger partial charge < -0.3 is 15.7 Å². The molecular formula is C4H10NO5PS. The van der Waals surface area contributed by atoms with E-state index in [4.69, 9.17) is 15.7 Å². The van der Waals surface area contributed by atoms with Crippen LogP contribution in [0.25, 0.3) is 0 Å². The topological polar surface area (TPSA) is 110 Å². The Bertz CT molecular complexity index is 210. The van der Waals surface area contributed by atoms with Gasteiger partial charge in [0.2, 0.25) is 0 Å². The van der Waals surface area contributed by atoms with Crippen molar-refractivity contribution in [2.24, 2.45) is 5.73 Å². The number of nitrogens with two attached hydrogens (primary N) is 1. The highest BCUT2D eigenvalue weighted by molar-refractivity contribution is 7.81. The largest absolute Gasteiger partial charge is 0.480 e. The zero-order valence-electron chi connectivity index (χ0n) is 6.08. The van der Waals surface area contributed by atoms with Crippen LogP contribution in [0.3, 0.4) is 0 Å². The van der Waals surface area contributed by atoms with Gasteiger partial charge in [-0.25, -0.2) is 3.97 Å². The minimum absolute atomic E-state index is 0.121. The maximum Gasteiger partial charge on any atom is 0.338 e. The molecular weight excluding hydrogens is 205 g/mol. The summed E-state index contributed by atoms with van der Waals surface area (Å²) in [6.45, 7) is 0. The Morgan fingerprint density at radius 3 is 2.58 bits per heavy atom. The molecule has 6 nitrogen and oxygen atoms in total. The number of thiol groups is 1. The van der Waals surface area contributed by atoms with E-state index in [1.54, 1.807) is 0 Å². The zero-order valence-corrected chi connectivity index (χ0v) is 7.87. The number of hydrogen-bond acceptors (Lipinski definition) is 5. The van der Waals surface area contributed by atoms with Crippen LogP contribution in [0.1, 0.15) is 6.42 Å². The summed E-state index contributed by atoms with van der Waals surface area (Å²) in [5.74, 6) is -1.21. The predicted octanol–water partition coefficient (Wildman–Crippen LogP) is -0.165. The fraction of sp³-hybridized carbons (Fsp3) is 0.750. The van der Waals surface area contributed by atoms with Crippen LogP contribution in [0.2, 0.25) is 0 Å². The zero-order chi connectivity index (χ0) is 9.78. The summed E-state index contributed by atoms with van der Waals surface area (Å²) in [7, 11) is -3.75. The highest BCUT2D eigenvalue weighted by atomic mass is 32.1. The molecule has 12 heavy (non-hydrogen) atoms. The summed E-state index contributed by atoms with van der Waals surface area (Å²) in [6, 6.07) is -1.14. The van der Waals surface area contributed by atoms with Gasteiger partial charge in [0.05, 0.1) is 6.16 Å². The van der Waals surface area contributed by atoms with E-state index in [1.807, 2.05) is 0 Å². The molecule has 0 aliphatic carbocycles. The molecule has 0 aliphatic rings. The first-order valence-electron chi connectivity index (χ1n) is 3.02. The maximum atomic E-state index is 10.7. The van der Waals surface area contributed by atoms with Crippen molar-refractivity contribution < 1.29 is 23.3 Å². The summed E-state index contributed by atoms with van der Waals surface area (Å²) in [5.41, 5.74) is 5.07. The molecule has 2 unspecified atom stereocenters. The fourth-order valence-electron chi connectivity index (χ4n) is 0.467. The molecule has 0 bridgehead atoms. The van der Waals surface area contributed by atoms with Gasteiger partial charge in [-0.2, -0.15) is 0 Å². The fourth-order valence-corrected chi connectivity index (χ4v) is 1.40. The van der Waals surface area contributed by atoms with Crippen LogP contribution >= 0.6 is 20.5 Å². The molecule has 0 aromatic heterocycles. The molecule has 0 radical (unpaired) electrons. The second-order valence-corrected chi connectivity index (χ2v) is 4.55. The van der Waals surface area contributed by atoms with E-state index in [1.165, 1.54) is 0 Å². The number of aliphatic carboxylic acids is 1. The van der Waals surface area contributed by atoms with Gasteiger partial charge in [-0.3, -0.25) is 9.36 Å². The SMILES string of the molecule is NC(CCP(=O)(O)OS)C(=O)O. The summed E-state index contributed by atoms with van der Waals surface area (Å²) < 4.78 is 14.6. The third-order valence-electron chi connectivity index (χ3n) is 1.17. The first kappa shape index (κ1) is 11.9. The summed E-state index contributed by atoms with van der Waals surface area (Å²) >= 11 is 3.15.